The molecule has 0 bridgehead atoms. The molecular weight excluding hydrogens is 399 g/mol. The highest BCUT2D eigenvalue weighted by molar-refractivity contribution is 9.10. The molecule has 0 radical (unpaired) electrons. The maximum Gasteiger partial charge on any atom is 0.257 e. The number of fused-ring (bicyclic) bond motifs is 1. The molecule has 4 rings (SSSR count). The minimum atomic E-state index is -0.339. The van der Waals surface area contributed by atoms with Gasteiger partial charge in [-0.15, -0.1) is 0 Å². The molecule has 0 atom stereocenters. The van der Waals surface area contributed by atoms with Crippen molar-refractivity contribution >= 4 is 44.3 Å². The van der Waals surface area contributed by atoms with Crippen LogP contribution in [0.25, 0.3) is 10.9 Å². The predicted molar refractivity (Wildman–Crippen MR) is 104 cm³/mol. The van der Waals surface area contributed by atoms with Crippen molar-refractivity contribution < 1.29 is 9.18 Å². The average molecular weight is 415 g/mol. The number of nitrogens with zero attached hydrogens (tertiary/aromatic N) is 2. The first-order valence-corrected chi connectivity index (χ1v) is 9.02. The van der Waals surface area contributed by atoms with E-state index in [-0.39, 0.29) is 11.7 Å². The van der Waals surface area contributed by atoms with Crippen LogP contribution in [-0.2, 0) is 6.54 Å². The largest absolute Gasteiger partial charge is 0.370 e. The Morgan fingerprint density at radius 3 is 2.81 bits per heavy atom. The number of hydrogen-bond acceptors (Lipinski definition) is 3. The third-order valence-corrected chi connectivity index (χ3v) is 4.75. The molecule has 2 N–H and O–H groups in total. The summed E-state index contributed by atoms with van der Waals surface area (Å²) in [5, 5.41) is 6.93. The Bertz CT molecular complexity index is 1010. The number of aromatic nitrogens is 1. The van der Waals surface area contributed by atoms with Crippen molar-refractivity contribution in [2.24, 2.45) is 4.99 Å². The second-order valence-electron chi connectivity index (χ2n) is 6.05. The first-order valence-electron chi connectivity index (χ1n) is 8.23. The Morgan fingerprint density at radius 1 is 1.27 bits per heavy atom. The van der Waals surface area contributed by atoms with Gasteiger partial charge in [-0.3, -0.25) is 9.79 Å². The van der Waals surface area contributed by atoms with E-state index < -0.39 is 0 Å². The Kier molecular flexibility index (Phi) is 4.46. The van der Waals surface area contributed by atoms with Gasteiger partial charge in [0.25, 0.3) is 5.91 Å². The lowest BCUT2D eigenvalue weighted by Gasteiger charge is -2.06. The summed E-state index contributed by atoms with van der Waals surface area (Å²) in [5.41, 5.74) is 2.06. The molecule has 1 amide bonds. The van der Waals surface area contributed by atoms with Gasteiger partial charge in [0, 0.05) is 28.3 Å². The standard InChI is InChI=1S/C19H16BrFN4O/c20-12-1-6-15-16(19(26)24-14-4-2-13(21)3-5-14)10-25(17(15)9-12)11-18-22-7-8-23-18/h1-6,9-10H,7-8,11H2,(H,22,23)(H,24,26). The lowest BCUT2D eigenvalue weighted by molar-refractivity contribution is 0.102. The molecule has 2 aromatic carbocycles. The number of hydrogen-bond donors (Lipinski definition) is 2. The molecule has 1 aliphatic rings. The van der Waals surface area contributed by atoms with Crippen molar-refractivity contribution in [2.45, 2.75) is 6.54 Å². The highest BCUT2D eigenvalue weighted by atomic mass is 79.9. The van der Waals surface area contributed by atoms with E-state index in [2.05, 4.69) is 31.6 Å². The van der Waals surface area contributed by atoms with Gasteiger partial charge in [-0.2, -0.15) is 0 Å². The first-order chi connectivity index (χ1) is 12.6. The second kappa shape index (κ2) is 6.92. The quantitative estimate of drug-likeness (QED) is 0.681. The number of anilines is 1. The molecule has 7 heteroatoms. The molecule has 0 spiro atoms. The van der Waals surface area contributed by atoms with Crippen molar-refractivity contribution in [1.29, 1.82) is 0 Å². The van der Waals surface area contributed by atoms with Crippen molar-refractivity contribution in [2.75, 3.05) is 18.4 Å². The summed E-state index contributed by atoms with van der Waals surface area (Å²) in [6.07, 6.45) is 1.83. The summed E-state index contributed by atoms with van der Waals surface area (Å²) in [6, 6.07) is 11.5. The minimum Gasteiger partial charge on any atom is -0.370 e. The molecule has 0 unspecified atom stereocenters. The number of halogens is 2. The zero-order valence-corrected chi connectivity index (χ0v) is 15.4. The van der Waals surface area contributed by atoms with Crippen LogP contribution in [0.3, 0.4) is 0 Å². The van der Waals surface area contributed by atoms with Gasteiger partial charge in [0.2, 0.25) is 0 Å². The maximum absolute atomic E-state index is 13.1. The number of rotatable bonds is 4. The molecule has 0 fully saturated rings. The van der Waals surface area contributed by atoms with Gasteiger partial charge in [-0.05, 0) is 36.4 Å². The predicted octanol–water partition coefficient (Wildman–Crippen LogP) is 3.80. The van der Waals surface area contributed by atoms with Crippen LogP contribution >= 0.6 is 15.9 Å². The van der Waals surface area contributed by atoms with Crippen molar-refractivity contribution in [3.8, 4) is 0 Å². The van der Waals surface area contributed by atoms with E-state index in [0.29, 0.717) is 17.8 Å². The van der Waals surface area contributed by atoms with Gasteiger partial charge >= 0.3 is 0 Å². The van der Waals surface area contributed by atoms with Gasteiger partial charge in [0.1, 0.15) is 11.7 Å². The van der Waals surface area contributed by atoms with Crippen LogP contribution in [0.4, 0.5) is 10.1 Å². The zero-order chi connectivity index (χ0) is 18.1. The maximum atomic E-state index is 13.1. The number of amides is 1. The molecule has 3 aromatic rings. The van der Waals surface area contributed by atoms with E-state index in [1.165, 1.54) is 12.1 Å². The fourth-order valence-electron chi connectivity index (χ4n) is 3.02. The Labute approximate surface area is 158 Å². The van der Waals surface area contributed by atoms with Gasteiger partial charge in [-0.25, -0.2) is 4.39 Å². The van der Waals surface area contributed by atoms with E-state index in [1.807, 2.05) is 29.0 Å². The minimum absolute atomic E-state index is 0.232. The van der Waals surface area contributed by atoms with Gasteiger partial charge in [0.15, 0.2) is 0 Å². The van der Waals surface area contributed by atoms with E-state index in [9.17, 15) is 9.18 Å². The smallest absolute Gasteiger partial charge is 0.257 e. The Hall–Kier alpha value is -2.67. The summed E-state index contributed by atoms with van der Waals surface area (Å²) >= 11 is 3.49. The molecule has 1 aromatic heterocycles. The van der Waals surface area contributed by atoms with Crippen LogP contribution in [0.5, 0.6) is 0 Å². The third-order valence-electron chi connectivity index (χ3n) is 4.25. The summed E-state index contributed by atoms with van der Waals surface area (Å²) in [5.74, 6) is 0.339. The van der Waals surface area contributed by atoms with Gasteiger partial charge in [0.05, 0.1) is 24.2 Å². The highest BCUT2D eigenvalue weighted by Crippen LogP contribution is 2.26. The summed E-state index contributed by atoms with van der Waals surface area (Å²) in [7, 11) is 0. The number of benzene rings is 2. The van der Waals surface area contributed by atoms with Crippen LogP contribution in [-0.4, -0.2) is 29.4 Å². The summed E-state index contributed by atoms with van der Waals surface area (Å²) in [4.78, 5) is 17.2. The lowest BCUT2D eigenvalue weighted by Crippen LogP contribution is -2.23. The molecule has 0 aliphatic carbocycles. The van der Waals surface area contributed by atoms with E-state index in [4.69, 9.17) is 0 Å². The van der Waals surface area contributed by atoms with Gasteiger partial charge < -0.3 is 15.2 Å². The molecule has 132 valence electrons. The third kappa shape index (κ3) is 3.35. The van der Waals surface area contributed by atoms with E-state index in [1.54, 1.807) is 12.1 Å². The zero-order valence-electron chi connectivity index (χ0n) is 13.8. The SMILES string of the molecule is O=C(Nc1ccc(F)cc1)c1cn(CC2=NCCN2)c2cc(Br)ccc12. The molecule has 26 heavy (non-hydrogen) atoms. The van der Waals surface area contributed by atoms with Crippen molar-refractivity contribution in [1.82, 2.24) is 9.88 Å². The van der Waals surface area contributed by atoms with Crippen LogP contribution in [0.2, 0.25) is 0 Å². The molecule has 1 aliphatic heterocycles. The fraction of sp³-hybridized carbons (Fsp3) is 0.158. The number of aliphatic imine (C=N–C) groups is 1. The summed E-state index contributed by atoms with van der Waals surface area (Å²) in [6.45, 7) is 2.20. The van der Waals surface area contributed by atoms with Crippen LogP contribution < -0.4 is 10.6 Å². The fourth-order valence-corrected chi connectivity index (χ4v) is 3.37. The van der Waals surface area contributed by atoms with Crippen LogP contribution in [0.1, 0.15) is 10.4 Å². The Balaban J connectivity index is 1.69. The molecular formula is C19H16BrFN4O. The van der Waals surface area contributed by atoms with Crippen LogP contribution in [0.15, 0.2) is 58.1 Å². The first kappa shape index (κ1) is 16.8. The number of amidine groups is 1. The molecule has 0 saturated heterocycles. The number of nitrogens with one attached hydrogen (secondary N) is 2. The number of carbonyl (C=O) groups is 1. The van der Waals surface area contributed by atoms with E-state index >= 15 is 0 Å². The van der Waals surface area contributed by atoms with Gasteiger partial charge in [-0.1, -0.05) is 22.0 Å². The number of carbonyl (C=O) groups excluding carboxylic acids is 1. The molecule has 5 nitrogen and oxygen atoms in total. The summed E-state index contributed by atoms with van der Waals surface area (Å²) < 4.78 is 16.0. The molecule has 0 saturated carbocycles. The van der Waals surface area contributed by atoms with E-state index in [0.717, 1.165) is 34.3 Å². The second-order valence-corrected chi connectivity index (χ2v) is 6.96. The van der Waals surface area contributed by atoms with Crippen molar-refractivity contribution in [3.63, 3.8) is 0 Å². The monoisotopic (exact) mass is 414 g/mol. The highest BCUT2D eigenvalue weighted by Gasteiger charge is 2.17. The van der Waals surface area contributed by atoms with Crippen molar-refractivity contribution in [3.05, 3.63) is 64.5 Å². The molecule has 2 heterocycles. The topological polar surface area (TPSA) is 58.4 Å². The average Bonchev–Trinajstić information content (AvgIpc) is 3.25. The normalized spacial score (nSPS) is 13.5. The van der Waals surface area contributed by atoms with Crippen LogP contribution in [0, 0.1) is 5.82 Å². The lowest BCUT2D eigenvalue weighted by atomic mass is 10.1. The Morgan fingerprint density at radius 2 is 2.08 bits per heavy atom.